The molecule has 3 aromatic rings. The molecular formula is C17H16ClFN4O2S2. The number of aryl methyl sites for hydroxylation is 2. The minimum atomic E-state index is -1.27. The lowest BCUT2D eigenvalue weighted by molar-refractivity contribution is 0.101. The van der Waals surface area contributed by atoms with E-state index in [-0.39, 0.29) is 5.91 Å². The summed E-state index contributed by atoms with van der Waals surface area (Å²) in [5.74, 6) is -0.770. The second-order valence-electron chi connectivity index (χ2n) is 5.88. The number of carbonyl (C=O) groups is 1. The van der Waals surface area contributed by atoms with Gasteiger partial charge in [0.05, 0.1) is 10.7 Å². The largest absolute Gasteiger partial charge is 0.610 e. The van der Waals surface area contributed by atoms with Crippen molar-refractivity contribution in [3.05, 3.63) is 57.1 Å². The molecule has 1 aromatic carbocycles. The molecule has 0 aliphatic rings. The quantitative estimate of drug-likeness (QED) is 0.632. The molecule has 0 saturated carbocycles. The third-order valence-electron chi connectivity index (χ3n) is 3.73. The number of thiazole rings is 1. The van der Waals surface area contributed by atoms with Crippen LogP contribution < -0.4 is 5.32 Å². The molecule has 0 aliphatic carbocycles. The van der Waals surface area contributed by atoms with E-state index in [2.05, 4.69) is 15.4 Å². The minimum Gasteiger partial charge on any atom is -0.610 e. The molecule has 0 spiro atoms. The van der Waals surface area contributed by atoms with Gasteiger partial charge in [0.15, 0.2) is 0 Å². The van der Waals surface area contributed by atoms with Gasteiger partial charge in [0, 0.05) is 35.7 Å². The molecule has 3 rings (SSSR count). The third-order valence-corrected chi connectivity index (χ3v) is 5.81. The molecule has 0 saturated heterocycles. The highest BCUT2D eigenvalue weighted by Gasteiger charge is 2.20. The maximum Gasteiger partial charge on any atom is 0.274 e. The summed E-state index contributed by atoms with van der Waals surface area (Å²) >= 11 is 5.92. The fourth-order valence-electron chi connectivity index (χ4n) is 2.49. The molecule has 2 heterocycles. The van der Waals surface area contributed by atoms with Gasteiger partial charge in [-0.25, -0.2) is 9.37 Å². The van der Waals surface area contributed by atoms with Crippen LogP contribution in [0, 0.1) is 12.7 Å². The van der Waals surface area contributed by atoms with Gasteiger partial charge >= 0.3 is 0 Å². The smallest absolute Gasteiger partial charge is 0.274 e. The first-order valence-electron chi connectivity index (χ1n) is 7.83. The standard InChI is InChI=1S/C17H16ClFN4O2S2/c1-9-17(21-16(24)13-8-15(27(3)25)22-23(13)2)26-14(20-9)6-10-4-11(18)7-12(19)5-10/h4-5,7-8H,6H2,1-3H3,(H,21,24). The first-order chi connectivity index (χ1) is 12.7. The summed E-state index contributed by atoms with van der Waals surface area (Å²) < 4.78 is 26.4. The average molecular weight is 427 g/mol. The molecule has 0 bridgehead atoms. The summed E-state index contributed by atoms with van der Waals surface area (Å²) in [7, 11) is 1.62. The van der Waals surface area contributed by atoms with Crippen molar-refractivity contribution in [1.82, 2.24) is 14.8 Å². The van der Waals surface area contributed by atoms with Crippen molar-refractivity contribution in [2.75, 3.05) is 11.6 Å². The van der Waals surface area contributed by atoms with Gasteiger partial charge in [0.2, 0.25) is 0 Å². The number of anilines is 1. The van der Waals surface area contributed by atoms with E-state index in [1.807, 2.05) is 0 Å². The van der Waals surface area contributed by atoms with E-state index in [0.29, 0.717) is 38.4 Å². The second-order valence-corrected chi connectivity index (χ2v) is 8.72. The van der Waals surface area contributed by atoms with Crippen LogP contribution in [0.3, 0.4) is 0 Å². The normalized spacial score (nSPS) is 12.2. The number of halogens is 2. The number of aromatic nitrogens is 3. The second kappa shape index (κ2) is 7.97. The number of carbonyl (C=O) groups excluding carboxylic acids is 1. The molecule has 1 N–H and O–H groups in total. The maximum atomic E-state index is 13.5. The number of rotatable bonds is 5. The summed E-state index contributed by atoms with van der Waals surface area (Å²) in [5.41, 5.74) is 1.66. The van der Waals surface area contributed by atoms with Gasteiger partial charge in [-0.2, -0.15) is 0 Å². The molecule has 6 nitrogen and oxygen atoms in total. The van der Waals surface area contributed by atoms with Crippen molar-refractivity contribution in [3.63, 3.8) is 0 Å². The Bertz CT molecular complexity index is 983. The van der Waals surface area contributed by atoms with Crippen molar-refractivity contribution in [1.29, 1.82) is 0 Å². The Morgan fingerprint density at radius 3 is 2.78 bits per heavy atom. The lowest BCUT2D eigenvalue weighted by atomic mass is 10.1. The monoisotopic (exact) mass is 426 g/mol. The van der Waals surface area contributed by atoms with Crippen LogP contribution in [0.15, 0.2) is 29.3 Å². The lowest BCUT2D eigenvalue weighted by Gasteiger charge is -2.02. The van der Waals surface area contributed by atoms with Crippen molar-refractivity contribution in [2.24, 2.45) is 7.05 Å². The van der Waals surface area contributed by atoms with Crippen molar-refractivity contribution >= 4 is 45.0 Å². The van der Waals surface area contributed by atoms with Crippen LogP contribution in [0.25, 0.3) is 0 Å². The predicted molar refractivity (Wildman–Crippen MR) is 105 cm³/mol. The summed E-state index contributed by atoms with van der Waals surface area (Å²) in [6, 6.07) is 5.83. The SMILES string of the molecule is Cc1nc(Cc2cc(F)cc(Cl)c2)sc1NC(=O)c1cc([S+](C)[O-])nn1C. The zero-order chi connectivity index (χ0) is 19.7. The molecule has 10 heteroatoms. The molecule has 2 aromatic heterocycles. The number of hydrogen-bond acceptors (Lipinski definition) is 5. The molecule has 142 valence electrons. The molecule has 1 amide bonds. The van der Waals surface area contributed by atoms with E-state index >= 15 is 0 Å². The van der Waals surface area contributed by atoms with Crippen molar-refractivity contribution in [3.8, 4) is 0 Å². The van der Waals surface area contributed by atoms with E-state index in [9.17, 15) is 13.7 Å². The molecule has 1 atom stereocenters. The van der Waals surface area contributed by atoms with Crippen LogP contribution in [0.1, 0.15) is 26.8 Å². The average Bonchev–Trinajstić information content (AvgIpc) is 3.09. The van der Waals surface area contributed by atoms with E-state index in [0.717, 1.165) is 5.01 Å². The number of nitrogens with zero attached hydrogens (tertiary/aromatic N) is 3. The van der Waals surface area contributed by atoms with Crippen molar-refractivity contribution < 1.29 is 13.7 Å². The van der Waals surface area contributed by atoms with Crippen LogP contribution in [-0.2, 0) is 24.6 Å². The first kappa shape index (κ1) is 19.8. The summed E-state index contributed by atoms with van der Waals surface area (Å²) in [6.45, 7) is 1.78. The van der Waals surface area contributed by atoms with Crippen LogP contribution in [0.2, 0.25) is 5.02 Å². The molecule has 27 heavy (non-hydrogen) atoms. The number of amides is 1. The predicted octanol–water partition coefficient (Wildman–Crippen LogP) is 3.56. The van der Waals surface area contributed by atoms with Crippen LogP contribution in [-0.4, -0.2) is 31.5 Å². The molecule has 1 unspecified atom stereocenters. The fourth-order valence-corrected chi connectivity index (χ4v) is 4.25. The zero-order valence-corrected chi connectivity index (χ0v) is 17.1. The van der Waals surface area contributed by atoms with Gasteiger partial charge in [-0.3, -0.25) is 9.48 Å². The highest BCUT2D eigenvalue weighted by Crippen LogP contribution is 2.27. The highest BCUT2D eigenvalue weighted by atomic mass is 35.5. The van der Waals surface area contributed by atoms with Gasteiger partial charge in [0.25, 0.3) is 10.9 Å². The Kier molecular flexibility index (Phi) is 5.85. The summed E-state index contributed by atoms with van der Waals surface area (Å²) in [5, 5.41) is 8.86. The Balaban J connectivity index is 1.77. The van der Waals surface area contributed by atoms with E-state index in [1.165, 1.54) is 40.5 Å². The highest BCUT2D eigenvalue weighted by molar-refractivity contribution is 7.90. The van der Waals surface area contributed by atoms with Gasteiger partial charge in [-0.05, 0) is 30.7 Å². The third kappa shape index (κ3) is 4.67. The van der Waals surface area contributed by atoms with Crippen LogP contribution in [0.4, 0.5) is 9.39 Å². The summed E-state index contributed by atoms with van der Waals surface area (Å²) in [6.07, 6.45) is 1.91. The fraction of sp³-hybridized carbons (Fsp3) is 0.235. The van der Waals surface area contributed by atoms with E-state index in [4.69, 9.17) is 11.6 Å². The van der Waals surface area contributed by atoms with Crippen molar-refractivity contribution in [2.45, 2.75) is 18.4 Å². The summed E-state index contributed by atoms with van der Waals surface area (Å²) in [4.78, 5) is 17.0. The van der Waals surface area contributed by atoms with E-state index in [1.54, 1.807) is 20.0 Å². The van der Waals surface area contributed by atoms with Gasteiger partial charge in [-0.15, -0.1) is 16.4 Å². The molecular weight excluding hydrogens is 411 g/mol. The molecule has 0 radical (unpaired) electrons. The Morgan fingerprint density at radius 1 is 1.41 bits per heavy atom. The Hall–Kier alpha value is -1.94. The van der Waals surface area contributed by atoms with Gasteiger partial charge < -0.3 is 9.87 Å². The van der Waals surface area contributed by atoms with Gasteiger partial charge in [-0.1, -0.05) is 11.6 Å². The molecule has 0 aliphatic heterocycles. The topological polar surface area (TPSA) is 82.9 Å². The van der Waals surface area contributed by atoms with Crippen LogP contribution in [0.5, 0.6) is 0 Å². The Morgan fingerprint density at radius 2 is 2.15 bits per heavy atom. The molecule has 0 fully saturated rings. The van der Waals surface area contributed by atoms with Crippen LogP contribution >= 0.6 is 22.9 Å². The van der Waals surface area contributed by atoms with Gasteiger partial charge in [0.1, 0.15) is 22.8 Å². The number of hydrogen-bond donors (Lipinski definition) is 1. The number of benzene rings is 1. The minimum absolute atomic E-state index is 0.298. The first-order valence-corrected chi connectivity index (χ1v) is 10.6. The van der Waals surface area contributed by atoms with E-state index < -0.39 is 17.0 Å². The lowest BCUT2D eigenvalue weighted by Crippen LogP contribution is -2.15. The Labute approximate surface area is 167 Å². The number of nitrogens with one attached hydrogen (secondary N) is 1. The zero-order valence-electron chi connectivity index (χ0n) is 14.7. The maximum absolute atomic E-state index is 13.5.